The van der Waals surface area contributed by atoms with Gasteiger partial charge in [0.1, 0.15) is 24.4 Å². The smallest absolute Gasteiger partial charge is 0.340 e. The Bertz CT molecular complexity index is 1110. The Kier molecular flexibility index (Phi) is 8.35. The molecule has 0 spiro atoms. The maximum Gasteiger partial charge on any atom is 0.340 e. The van der Waals surface area contributed by atoms with Crippen LogP contribution in [-0.2, 0) is 33.3 Å². The zero-order valence-corrected chi connectivity index (χ0v) is 19.9. The molecule has 3 aliphatic heterocycles. The highest BCUT2D eigenvalue weighted by Gasteiger charge is 2.49. The molecule has 13 heteroatoms. The van der Waals surface area contributed by atoms with Crippen LogP contribution in [0.25, 0.3) is 6.08 Å². The summed E-state index contributed by atoms with van der Waals surface area (Å²) >= 11 is 0. The summed E-state index contributed by atoms with van der Waals surface area (Å²) in [6.45, 7) is 3.11. The predicted molar refractivity (Wildman–Crippen MR) is 124 cm³/mol. The first-order chi connectivity index (χ1) is 18.1. The van der Waals surface area contributed by atoms with Crippen molar-refractivity contribution in [1.29, 1.82) is 0 Å². The van der Waals surface area contributed by atoms with E-state index in [4.69, 9.17) is 23.7 Å². The maximum absolute atomic E-state index is 12.6. The number of aliphatic hydroxyl groups excluding tert-OH is 4. The molecule has 3 aliphatic rings. The first kappa shape index (κ1) is 27.6. The van der Waals surface area contributed by atoms with E-state index in [2.05, 4.69) is 6.58 Å². The van der Waals surface area contributed by atoms with E-state index in [1.807, 2.05) is 0 Å². The summed E-state index contributed by atoms with van der Waals surface area (Å²) in [5.41, 5.74) is 0.554. The van der Waals surface area contributed by atoms with Crippen molar-refractivity contribution < 1.29 is 63.9 Å². The maximum atomic E-state index is 12.6. The zero-order chi connectivity index (χ0) is 27.6. The quantitative estimate of drug-likeness (QED) is 0.112. The molecule has 9 unspecified atom stereocenters. The van der Waals surface area contributed by atoms with Crippen molar-refractivity contribution in [2.45, 2.75) is 49.7 Å². The third-order valence-corrected chi connectivity index (χ3v) is 6.48. The number of phenols is 2. The number of fused-ring (bicyclic) bond motifs is 1. The Morgan fingerprint density at radius 3 is 2.55 bits per heavy atom. The van der Waals surface area contributed by atoms with Gasteiger partial charge in [0.05, 0.1) is 18.4 Å². The standard InChI is InChI=1S/C25H28O13/c1-2-12-13-8-19(36-18(29)6-4-11-3-5-15(27)16(28)7-11)37-23(33)14(13)10-34-24(12)38-25-22(32)21(31)20(30)17(9-26)35-25/h2-7,10,12-13,17,19-22,24-28,30-32H,1,8-9H2. The number of aromatic hydroxyl groups is 2. The molecular formula is C25H28O13. The summed E-state index contributed by atoms with van der Waals surface area (Å²) in [4.78, 5) is 24.9. The Balaban J connectivity index is 1.43. The summed E-state index contributed by atoms with van der Waals surface area (Å²) in [6, 6.07) is 3.95. The summed E-state index contributed by atoms with van der Waals surface area (Å²) < 4.78 is 27.0. The van der Waals surface area contributed by atoms with Gasteiger partial charge in [-0.25, -0.2) is 9.59 Å². The summed E-state index contributed by atoms with van der Waals surface area (Å²) in [6.07, 6.45) is -5.01. The lowest BCUT2D eigenvalue weighted by Gasteiger charge is -2.44. The number of carbonyl (C=O) groups is 2. The van der Waals surface area contributed by atoms with Gasteiger partial charge in [-0.05, 0) is 23.8 Å². The van der Waals surface area contributed by atoms with Crippen molar-refractivity contribution in [1.82, 2.24) is 0 Å². The number of cyclic esters (lactones) is 1. The molecule has 1 aromatic carbocycles. The van der Waals surface area contributed by atoms with Gasteiger partial charge >= 0.3 is 11.9 Å². The van der Waals surface area contributed by atoms with Gasteiger partial charge in [0.25, 0.3) is 0 Å². The third-order valence-electron chi connectivity index (χ3n) is 6.48. The lowest BCUT2D eigenvalue weighted by Crippen LogP contribution is -2.60. The number of ether oxygens (including phenoxy) is 5. The fourth-order valence-corrected chi connectivity index (χ4v) is 4.40. The molecule has 4 rings (SSSR count). The molecule has 2 saturated heterocycles. The van der Waals surface area contributed by atoms with E-state index in [1.165, 1.54) is 30.4 Å². The van der Waals surface area contributed by atoms with Crippen molar-refractivity contribution in [2.24, 2.45) is 11.8 Å². The van der Waals surface area contributed by atoms with Crippen LogP contribution in [0.1, 0.15) is 12.0 Å². The second-order valence-corrected chi connectivity index (χ2v) is 8.92. The molecule has 9 atom stereocenters. The zero-order valence-electron chi connectivity index (χ0n) is 19.9. The van der Waals surface area contributed by atoms with Crippen LogP contribution >= 0.6 is 0 Å². The first-order valence-electron chi connectivity index (χ1n) is 11.7. The van der Waals surface area contributed by atoms with Crippen LogP contribution < -0.4 is 0 Å². The number of esters is 2. The van der Waals surface area contributed by atoms with Gasteiger partial charge in [-0.3, -0.25) is 0 Å². The van der Waals surface area contributed by atoms with E-state index in [9.17, 15) is 40.2 Å². The van der Waals surface area contributed by atoms with Crippen molar-refractivity contribution in [3.05, 3.63) is 54.3 Å². The minimum Gasteiger partial charge on any atom is -0.504 e. The molecule has 38 heavy (non-hydrogen) atoms. The molecule has 6 N–H and O–H groups in total. The summed E-state index contributed by atoms with van der Waals surface area (Å²) in [7, 11) is 0. The van der Waals surface area contributed by atoms with E-state index in [0.29, 0.717) is 5.56 Å². The van der Waals surface area contributed by atoms with Gasteiger partial charge in [0.15, 0.2) is 17.8 Å². The molecule has 0 bridgehead atoms. The van der Waals surface area contributed by atoms with E-state index >= 15 is 0 Å². The van der Waals surface area contributed by atoms with Crippen LogP contribution in [0, 0.1) is 11.8 Å². The van der Waals surface area contributed by atoms with E-state index in [1.54, 1.807) is 0 Å². The van der Waals surface area contributed by atoms with Gasteiger partial charge in [0.2, 0.25) is 12.6 Å². The molecule has 206 valence electrons. The van der Waals surface area contributed by atoms with Crippen molar-refractivity contribution in [3.8, 4) is 11.5 Å². The minimum atomic E-state index is -1.67. The Labute approximate surface area is 216 Å². The Hall–Kier alpha value is -3.46. The highest BCUT2D eigenvalue weighted by molar-refractivity contribution is 5.91. The van der Waals surface area contributed by atoms with Gasteiger partial charge < -0.3 is 54.3 Å². The Morgan fingerprint density at radius 1 is 1.11 bits per heavy atom. The van der Waals surface area contributed by atoms with Crippen LogP contribution in [0.2, 0.25) is 0 Å². The largest absolute Gasteiger partial charge is 0.504 e. The highest BCUT2D eigenvalue weighted by Crippen LogP contribution is 2.40. The second-order valence-electron chi connectivity index (χ2n) is 8.92. The summed E-state index contributed by atoms with van der Waals surface area (Å²) in [5.74, 6) is -3.65. The fourth-order valence-electron chi connectivity index (χ4n) is 4.40. The molecule has 13 nitrogen and oxygen atoms in total. The number of hydrogen-bond acceptors (Lipinski definition) is 13. The third kappa shape index (κ3) is 5.67. The number of carbonyl (C=O) groups excluding carboxylic acids is 2. The topological polar surface area (TPSA) is 202 Å². The second kappa shape index (κ2) is 11.5. The van der Waals surface area contributed by atoms with Gasteiger partial charge in [-0.2, -0.15) is 0 Å². The van der Waals surface area contributed by atoms with Gasteiger partial charge in [0, 0.05) is 24.3 Å². The lowest BCUT2D eigenvalue weighted by molar-refractivity contribution is -0.340. The van der Waals surface area contributed by atoms with Crippen LogP contribution in [-0.4, -0.2) is 92.5 Å². The van der Waals surface area contributed by atoms with Crippen LogP contribution in [0.4, 0.5) is 0 Å². The molecule has 0 radical (unpaired) electrons. The first-order valence-corrected chi connectivity index (χ1v) is 11.7. The monoisotopic (exact) mass is 536 g/mol. The number of aliphatic hydroxyl groups is 4. The van der Waals surface area contributed by atoms with E-state index < -0.39 is 73.7 Å². The van der Waals surface area contributed by atoms with E-state index in [0.717, 1.165) is 12.3 Å². The van der Waals surface area contributed by atoms with Crippen molar-refractivity contribution in [3.63, 3.8) is 0 Å². The molecule has 0 saturated carbocycles. The normalized spacial score (nSPS) is 35.0. The SMILES string of the molecule is C=CC1C(OC2OC(CO)C(O)C(O)C2O)OC=C2C(=O)OC(OC(=O)C=Cc3ccc(O)c(O)c3)CC21. The molecule has 0 amide bonds. The number of benzene rings is 1. The Morgan fingerprint density at radius 2 is 1.87 bits per heavy atom. The molecular weight excluding hydrogens is 508 g/mol. The number of hydrogen-bond donors (Lipinski definition) is 6. The minimum absolute atomic E-state index is 0.0196. The molecule has 3 heterocycles. The average molecular weight is 536 g/mol. The van der Waals surface area contributed by atoms with Crippen LogP contribution in [0.15, 0.2) is 48.8 Å². The molecule has 0 aromatic heterocycles. The summed E-state index contributed by atoms with van der Waals surface area (Å²) in [5, 5.41) is 58.6. The predicted octanol–water partition coefficient (Wildman–Crippen LogP) is -0.598. The number of phenolic OH excluding ortho intramolecular Hbond substituents is 2. The van der Waals surface area contributed by atoms with Gasteiger partial charge in [-0.1, -0.05) is 12.1 Å². The average Bonchev–Trinajstić information content (AvgIpc) is 2.89. The lowest BCUT2D eigenvalue weighted by atomic mass is 9.80. The number of rotatable bonds is 7. The van der Waals surface area contributed by atoms with Crippen molar-refractivity contribution in [2.75, 3.05) is 6.61 Å². The molecule has 2 fully saturated rings. The van der Waals surface area contributed by atoms with E-state index in [-0.39, 0.29) is 23.5 Å². The molecule has 0 aliphatic carbocycles. The fraction of sp³-hybridized carbons (Fsp3) is 0.440. The molecule has 1 aromatic rings. The van der Waals surface area contributed by atoms with Crippen LogP contribution in [0.3, 0.4) is 0 Å². The van der Waals surface area contributed by atoms with Crippen LogP contribution in [0.5, 0.6) is 11.5 Å². The highest BCUT2D eigenvalue weighted by atomic mass is 16.8. The van der Waals surface area contributed by atoms with Gasteiger partial charge in [-0.15, -0.1) is 6.58 Å². The van der Waals surface area contributed by atoms with Crippen molar-refractivity contribution >= 4 is 18.0 Å².